The normalized spacial score (nSPS) is 11.9. The van der Waals surface area contributed by atoms with Gasteiger partial charge < -0.3 is 15.1 Å². The lowest BCUT2D eigenvalue weighted by molar-refractivity contribution is 0.367. The first-order valence-electron chi connectivity index (χ1n) is 6.31. The van der Waals surface area contributed by atoms with Crippen LogP contribution in [0.2, 0.25) is 0 Å². The molecule has 16 heavy (non-hydrogen) atoms. The highest BCUT2D eigenvalue weighted by Crippen LogP contribution is 2.31. The number of rotatable bonds is 11. The lowest BCUT2D eigenvalue weighted by Crippen LogP contribution is -2.16. The van der Waals surface area contributed by atoms with Gasteiger partial charge in [0.25, 0.3) is 0 Å². The van der Waals surface area contributed by atoms with Crippen molar-refractivity contribution in [1.82, 2.24) is 5.32 Å². The van der Waals surface area contributed by atoms with Gasteiger partial charge in [-0.2, -0.15) is 0 Å². The van der Waals surface area contributed by atoms with Crippen molar-refractivity contribution >= 4 is 7.60 Å². The van der Waals surface area contributed by atoms with Gasteiger partial charge in [-0.15, -0.1) is 0 Å². The zero-order chi connectivity index (χ0) is 12.3. The maximum Gasteiger partial charge on any atom is 0.339 e. The Kier molecular flexibility index (Phi) is 10.3. The first-order chi connectivity index (χ1) is 7.56. The van der Waals surface area contributed by atoms with Crippen molar-refractivity contribution in [3.8, 4) is 0 Å². The standard InChI is InChI=1S/C11H26NO3P/c1-2-3-4-5-6-7-8-9-10-12-11-16(13,14)15/h12H,2-11H2,1H3,(H2,13,14,15). The molecule has 0 amide bonds. The van der Waals surface area contributed by atoms with Crippen LogP contribution in [0.5, 0.6) is 0 Å². The van der Waals surface area contributed by atoms with Gasteiger partial charge in [-0.25, -0.2) is 0 Å². The average Bonchev–Trinajstić information content (AvgIpc) is 2.19. The van der Waals surface area contributed by atoms with Crippen LogP contribution in [-0.4, -0.2) is 22.6 Å². The molecule has 98 valence electrons. The molecule has 0 aromatic heterocycles. The summed E-state index contributed by atoms with van der Waals surface area (Å²) in [6.07, 6.45) is 9.78. The molecule has 0 spiro atoms. The molecule has 5 heteroatoms. The van der Waals surface area contributed by atoms with Gasteiger partial charge in [0.1, 0.15) is 0 Å². The van der Waals surface area contributed by atoms with Gasteiger partial charge >= 0.3 is 7.60 Å². The lowest BCUT2D eigenvalue weighted by atomic mass is 10.1. The third kappa shape index (κ3) is 14.1. The van der Waals surface area contributed by atoms with Crippen LogP contribution >= 0.6 is 7.60 Å². The van der Waals surface area contributed by atoms with Crippen molar-refractivity contribution in [2.75, 3.05) is 12.8 Å². The number of nitrogens with one attached hydrogen (secondary N) is 1. The van der Waals surface area contributed by atoms with Crippen LogP contribution in [0, 0.1) is 0 Å². The van der Waals surface area contributed by atoms with Crippen molar-refractivity contribution in [1.29, 1.82) is 0 Å². The predicted octanol–water partition coefficient (Wildman–Crippen LogP) is 2.85. The molecular formula is C11H26NO3P. The Morgan fingerprint density at radius 2 is 1.44 bits per heavy atom. The fourth-order valence-electron chi connectivity index (χ4n) is 1.61. The van der Waals surface area contributed by atoms with E-state index in [0.717, 1.165) is 12.8 Å². The van der Waals surface area contributed by atoms with Crippen LogP contribution in [0.1, 0.15) is 58.3 Å². The first kappa shape index (κ1) is 16.1. The van der Waals surface area contributed by atoms with E-state index < -0.39 is 7.60 Å². The molecule has 0 fully saturated rings. The molecule has 0 aliphatic carbocycles. The molecule has 0 aliphatic heterocycles. The van der Waals surface area contributed by atoms with E-state index in [1.165, 1.54) is 38.5 Å². The molecule has 0 bridgehead atoms. The van der Waals surface area contributed by atoms with Crippen molar-refractivity contribution in [2.45, 2.75) is 58.3 Å². The Balaban J connectivity index is 3.02. The maximum absolute atomic E-state index is 10.5. The van der Waals surface area contributed by atoms with E-state index in [4.69, 9.17) is 9.79 Å². The summed E-state index contributed by atoms with van der Waals surface area (Å²) in [6.45, 7) is 2.92. The molecular weight excluding hydrogens is 225 g/mol. The third-order valence-corrected chi connectivity index (χ3v) is 3.16. The molecule has 0 heterocycles. The van der Waals surface area contributed by atoms with E-state index in [1.54, 1.807) is 0 Å². The minimum atomic E-state index is -3.85. The molecule has 0 radical (unpaired) electrons. The number of hydrogen-bond donors (Lipinski definition) is 3. The van der Waals surface area contributed by atoms with Crippen LogP contribution in [0.4, 0.5) is 0 Å². The fraction of sp³-hybridized carbons (Fsp3) is 1.00. The van der Waals surface area contributed by atoms with Gasteiger partial charge in [0.15, 0.2) is 0 Å². The average molecular weight is 251 g/mol. The zero-order valence-corrected chi connectivity index (χ0v) is 11.2. The van der Waals surface area contributed by atoms with E-state index in [0.29, 0.717) is 6.54 Å². The summed E-state index contributed by atoms with van der Waals surface area (Å²) in [5, 5.41) is 2.77. The molecule has 0 rings (SSSR count). The maximum atomic E-state index is 10.5. The topological polar surface area (TPSA) is 69.6 Å². The summed E-state index contributed by atoms with van der Waals surface area (Å²) in [6, 6.07) is 0. The highest BCUT2D eigenvalue weighted by Gasteiger charge is 2.10. The third-order valence-electron chi connectivity index (χ3n) is 2.52. The Morgan fingerprint density at radius 3 is 1.94 bits per heavy atom. The van der Waals surface area contributed by atoms with E-state index in [-0.39, 0.29) is 6.29 Å². The van der Waals surface area contributed by atoms with E-state index in [9.17, 15) is 4.57 Å². The van der Waals surface area contributed by atoms with E-state index in [2.05, 4.69) is 12.2 Å². The summed E-state index contributed by atoms with van der Waals surface area (Å²) in [7, 11) is -3.85. The summed E-state index contributed by atoms with van der Waals surface area (Å²) in [5.41, 5.74) is 0. The molecule has 4 nitrogen and oxygen atoms in total. The second-order valence-electron chi connectivity index (χ2n) is 4.30. The molecule has 3 N–H and O–H groups in total. The molecule has 0 saturated carbocycles. The molecule has 0 saturated heterocycles. The van der Waals surface area contributed by atoms with Crippen molar-refractivity contribution in [3.63, 3.8) is 0 Å². The van der Waals surface area contributed by atoms with E-state index in [1.807, 2.05) is 0 Å². The van der Waals surface area contributed by atoms with Gasteiger partial charge in [-0.1, -0.05) is 51.9 Å². The Labute approximate surface area is 99.0 Å². The van der Waals surface area contributed by atoms with Gasteiger partial charge in [0.2, 0.25) is 0 Å². The monoisotopic (exact) mass is 251 g/mol. The quantitative estimate of drug-likeness (QED) is 0.390. The van der Waals surface area contributed by atoms with Gasteiger partial charge in [-0.05, 0) is 13.0 Å². The van der Waals surface area contributed by atoms with Crippen LogP contribution in [0.3, 0.4) is 0 Å². The molecule has 0 aromatic rings. The first-order valence-corrected chi connectivity index (χ1v) is 8.11. The van der Waals surface area contributed by atoms with Crippen LogP contribution in [-0.2, 0) is 4.57 Å². The predicted molar refractivity (Wildman–Crippen MR) is 67.5 cm³/mol. The minimum absolute atomic E-state index is 0.191. The molecule has 0 atom stereocenters. The number of unbranched alkanes of at least 4 members (excludes halogenated alkanes) is 7. The van der Waals surface area contributed by atoms with Crippen LogP contribution < -0.4 is 5.32 Å². The van der Waals surface area contributed by atoms with Crippen LogP contribution in [0.25, 0.3) is 0 Å². The molecule has 0 unspecified atom stereocenters. The minimum Gasteiger partial charge on any atom is -0.324 e. The lowest BCUT2D eigenvalue weighted by Gasteiger charge is -2.06. The van der Waals surface area contributed by atoms with Gasteiger partial charge in [0.05, 0.1) is 6.29 Å². The van der Waals surface area contributed by atoms with Crippen LogP contribution in [0.15, 0.2) is 0 Å². The molecule has 0 aromatic carbocycles. The second kappa shape index (κ2) is 10.3. The highest BCUT2D eigenvalue weighted by molar-refractivity contribution is 7.51. The Hall–Kier alpha value is 0.110. The molecule has 0 aliphatic rings. The summed E-state index contributed by atoms with van der Waals surface area (Å²) in [5.74, 6) is 0. The Morgan fingerprint density at radius 1 is 0.938 bits per heavy atom. The van der Waals surface area contributed by atoms with Crippen molar-refractivity contribution < 1.29 is 14.4 Å². The van der Waals surface area contributed by atoms with Gasteiger partial charge in [-0.3, -0.25) is 4.57 Å². The SMILES string of the molecule is CCCCCCCCCCNCP(=O)(O)O. The summed E-state index contributed by atoms with van der Waals surface area (Å²) < 4.78 is 10.5. The number of hydrogen-bond acceptors (Lipinski definition) is 2. The highest BCUT2D eigenvalue weighted by atomic mass is 31.2. The van der Waals surface area contributed by atoms with Crippen molar-refractivity contribution in [3.05, 3.63) is 0 Å². The van der Waals surface area contributed by atoms with E-state index >= 15 is 0 Å². The largest absolute Gasteiger partial charge is 0.339 e. The fourth-order valence-corrected chi connectivity index (χ4v) is 2.06. The Bertz CT molecular complexity index is 194. The van der Waals surface area contributed by atoms with Gasteiger partial charge in [0, 0.05) is 0 Å². The second-order valence-corrected chi connectivity index (χ2v) is 5.94. The van der Waals surface area contributed by atoms with Crippen molar-refractivity contribution in [2.24, 2.45) is 0 Å². The zero-order valence-electron chi connectivity index (χ0n) is 10.3. The summed E-state index contributed by atoms with van der Waals surface area (Å²) in [4.78, 5) is 17.2. The smallest absolute Gasteiger partial charge is 0.324 e. The summed E-state index contributed by atoms with van der Waals surface area (Å²) >= 11 is 0.